The number of carbonyl (C=O) groups is 2. The van der Waals surface area contributed by atoms with Crippen LogP contribution in [0.25, 0.3) is 10.9 Å². The largest absolute Gasteiger partial charge is 0.467 e. The monoisotopic (exact) mass is 423 g/mol. The Morgan fingerprint density at radius 1 is 1.13 bits per heavy atom. The lowest BCUT2D eigenvalue weighted by Crippen LogP contribution is -2.45. The Morgan fingerprint density at radius 2 is 1.84 bits per heavy atom. The van der Waals surface area contributed by atoms with E-state index < -0.39 is 23.7 Å². The first-order valence-corrected chi connectivity index (χ1v) is 10.2. The molecule has 3 aromatic rings. The van der Waals surface area contributed by atoms with Crippen molar-refractivity contribution >= 4 is 23.0 Å². The summed E-state index contributed by atoms with van der Waals surface area (Å²) in [5.41, 5.74) is 3.50. The van der Waals surface area contributed by atoms with E-state index in [1.54, 1.807) is 20.8 Å². The Hall–Kier alpha value is -3.35. The number of methoxy groups -OCH3 is 1. The molecule has 0 saturated heterocycles. The molecule has 0 aliphatic rings. The molecule has 7 heteroatoms. The quantitative estimate of drug-likeness (QED) is 0.606. The van der Waals surface area contributed by atoms with Crippen LogP contribution in [-0.2, 0) is 27.2 Å². The summed E-state index contributed by atoms with van der Waals surface area (Å²) in [6, 6.07) is 13.3. The Kier molecular flexibility index (Phi) is 6.63. The molecule has 0 radical (unpaired) electrons. The van der Waals surface area contributed by atoms with E-state index in [2.05, 4.69) is 22.5 Å². The van der Waals surface area contributed by atoms with E-state index >= 15 is 0 Å². The van der Waals surface area contributed by atoms with E-state index in [-0.39, 0.29) is 6.42 Å². The normalized spacial score (nSPS) is 12.4. The maximum Gasteiger partial charge on any atom is 0.408 e. The van der Waals surface area contributed by atoms with Gasteiger partial charge in [-0.05, 0) is 50.5 Å². The molecule has 0 unspecified atom stereocenters. The van der Waals surface area contributed by atoms with Crippen molar-refractivity contribution in [2.24, 2.45) is 0 Å². The standard InChI is InChI=1S/C24H29N3O4/c1-16-11-18(13-20(22(28)30-5)26-23(29)31-24(2,3)4)12-19-14-25-27(21(16)19)15-17-9-7-6-8-10-17/h6-12,14,20H,13,15H2,1-5H3,(H,26,29)/t20-/m1/s1. The van der Waals surface area contributed by atoms with Crippen LogP contribution in [0.15, 0.2) is 48.7 Å². The van der Waals surface area contributed by atoms with Crippen LogP contribution in [-0.4, -0.2) is 40.6 Å². The summed E-state index contributed by atoms with van der Waals surface area (Å²) in [6.45, 7) is 8.00. The van der Waals surface area contributed by atoms with Crippen LogP contribution >= 0.6 is 0 Å². The third-order valence-corrected chi connectivity index (χ3v) is 4.78. The van der Waals surface area contributed by atoms with Gasteiger partial charge < -0.3 is 14.8 Å². The Morgan fingerprint density at radius 3 is 2.48 bits per heavy atom. The van der Waals surface area contributed by atoms with Gasteiger partial charge in [-0.25, -0.2) is 9.59 Å². The molecule has 0 aliphatic carbocycles. The molecule has 164 valence electrons. The van der Waals surface area contributed by atoms with Gasteiger partial charge in [0.2, 0.25) is 0 Å². The van der Waals surface area contributed by atoms with Crippen molar-refractivity contribution in [3.63, 3.8) is 0 Å². The molecule has 1 N–H and O–H groups in total. The number of nitrogens with one attached hydrogen (secondary N) is 1. The predicted octanol–water partition coefficient (Wildman–Crippen LogP) is 4.00. The van der Waals surface area contributed by atoms with Gasteiger partial charge in [-0.1, -0.05) is 36.4 Å². The van der Waals surface area contributed by atoms with E-state index in [4.69, 9.17) is 9.47 Å². The number of alkyl carbamates (subject to hydrolysis) is 1. The van der Waals surface area contributed by atoms with E-state index in [0.29, 0.717) is 6.54 Å². The summed E-state index contributed by atoms with van der Waals surface area (Å²) in [5, 5.41) is 8.15. The van der Waals surface area contributed by atoms with Gasteiger partial charge in [-0.15, -0.1) is 0 Å². The summed E-state index contributed by atoms with van der Waals surface area (Å²) in [7, 11) is 1.30. The number of carbonyl (C=O) groups excluding carboxylic acids is 2. The fourth-order valence-corrected chi connectivity index (χ4v) is 3.54. The number of fused-ring (bicyclic) bond motifs is 1. The fourth-order valence-electron chi connectivity index (χ4n) is 3.54. The van der Waals surface area contributed by atoms with Crippen LogP contribution in [0.2, 0.25) is 0 Å². The van der Waals surface area contributed by atoms with Crippen LogP contribution in [0.5, 0.6) is 0 Å². The smallest absolute Gasteiger partial charge is 0.408 e. The van der Waals surface area contributed by atoms with E-state index in [0.717, 1.165) is 22.0 Å². The van der Waals surface area contributed by atoms with Crippen LogP contribution in [0.4, 0.5) is 4.79 Å². The molecule has 1 heterocycles. The van der Waals surface area contributed by atoms with Gasteiger partial charge in [0.15, 0.2) is 0 Å². The van der Waals surface area contributed by atoms with Crippen molar-refractivity contribution in [3.8, 4) is 0 Å². The molecule has 2 aromatic carbocycles. The number of rotatable bonds is 6. The number of ether oxygens (including phenoxy) is 2. The van der Waals surface area contributed by atoms with Crippen LogP contribution in [0.1, 0.15) is 37.5 Å². The maximum absolute atomic E-state index is 12.3. The van der Waals surface area contributed by atoms with Crippen molar-refractivity contribution in [1.29, 1.82) is 0 Å². The first-order valence-electron chi connectivity index (χ1n) is 10.2. The van der Waals surface area contributed by atoms with Crippen molar-refractivity contribution < 1.29 is 19.1 Å². The average Bonchev–Trinajstić information content (AvgIpc) is 3.09. The number of amides is 1. The highest BCUT2D eigenvalue weighted by Crippen LogP contribution is 2.23. The summed E-state index contributed by atoms with van der Waals surface area (Å²) < 4.78 is 12.1. The minimum atomic E-state index is -0.851. The predicted molar refractivity (Wildman–Crippen MR) is 119 cm³/mol. The third-order valence-electron chi connectivity index (χ3n) is 4.78. The Bertz CT molecular complexity index is 1070. The number of hydrogen-bond acceptors (Lipinski definition) is 5. The minimum absolute atomic E-state index is 0.284. The maximum atomic E-state index is 12.3. The number of hydrogen-bond donors (Lipinski definition) is 1. The lowest BCUT2D eigenvalue weighted by Gasteiger charge is -2.22. The second-order valence-corrected chi connectivity index (χ2v) is 8.56. The topological polar surface area (TPSA) is 82.5 Å². The molecule has 7 nitrogen and oxygen atoms in total. The lowest BCUT2D eigenvalue weighted by molar-refractivity contribution is -0.143. The molecule has 1 atom stereocenters. The summed E-state index contributed by atoms with van der Waals surface area (Å²) in [5.74, 6) is -0.525. The van der Waals surface area contributed by atoms with Crippen LogP contribution in [0.3, 0.4) is 0 Å². The third kappa shape index (κ3) is 5.84. The molecule has 1 amide bonds. The number of esters is 1. The molecule has 31 heavy (non-hydrogen) atoms. The van der Waals surface area contributed by atoms with Gasteiger partial charge in [-0.2, -0.15) is 5.10 Å². The molecule has 0 saturated carbocycles. The van der Waals surface area contributed by atoms with Crippen molar-refractivity contribution in [1.82, 2.24) is 15.1 Å². The number of benzene rings is 2. The van der Waals surface area contributed by atoms with Crippen LogP contribution < -0.4 is 5.32 Å². The molecule has 0 fully saturated rings. The van der Waals surface area contributed by atoms with Gasteiger partial charge in [-0.3, -0.25) is 4.68 Å². The van der Waals surface area contributed by atoms with Gasteiger partial charge >= 0.3 is 12.1 Å². The first-order chi connectivity index (χ1) is 14.7. The molecular formula is C24H29N3O4. The Balaban J connectivity index is 1.82. The van der Waals surface area contributed by atoms with E-state index in [1.807, 2.05) is 48.1 Å². The highest BCUT2D eigenvalue weighted by atomic mass is 16.6. The number of nitrogens with zero attached hydrogens (tertiary/aromatic N) is 2. The summed E-state index contributed by atoms with van der Waals surface area (Å²) >= 11 is 0. The number of aromatic nitrogens is 2. The second kappa shape index (κ2) is 9.20. The van der Waals surface area contributed by atoms with Gasteiger partial charge in [0.25, 0.3) is 0 Å². The molecule has 3 rings (SSSR count). The molecule has 1 aromatic heterocycles. The second-order valence-electron chi connectivity index (χ2n) is 8.56. The molecular weight excluding hydrogens is 394 g/mol. The highest BCUT2D eigenvalue weighted by molar-refractivity contribution is 5.84. The van der Waals surface area contributed by atoms with Crippen molar-refractivity contribution in [3.05, 3.63) is 65.4 Å². The van der Waals surface area contributed by atoms with Crippen molar-refractivity contribution in [2.75, 3.05) is 7.11 Å². The van der Waals surface area contributed by atoms with Gasteiger partial charge in [0, 0.05) is 11.8 Å². The zero-order valence-electron chi connectivity index (χ0n) is 18.6. The molecule has 0 bridgehead atoms. The summed E-state index contributed by atoms with van der Waals surface area (Å²) in [6.07, 6.45) is 1.45. The summed E-state index contributed by atoms with van der Waals surface area (Å²) in [4.78, 5) is 24.4. The molecule has 0 aliphatic heterocycles. The van der Waals surface area contributed by atoms with E-state index in [9.17, 15) is 9.59 Å². The average molecular weight is 424 g/mol. The van der Waals surface area contributed by atoms with E-state index in [1.165, 1.54) is 12.7 Å². The van der Waals surface area contributed by atoms with Crippen molar-refractivity contribution in [2.45, 2.75) is 52.3 Å². The zero-order chi connectivity index (χ0) is 22.6. The minimum Gasteiger partial charge on any atom is -0.467 e. The van der Waals surface area contributed by atoms with Gasteiger partial charge in [0.05, 0.1) is 25.4 Å². The fraction of sp³-hybridized carbons (Fsp3) is 0.375. The van der Waals surface area contributed by atoms with Gasteiger partial charge in [0.1, 0.15) is 11.6 Å². The number of aryl methyl sites for hydroxylation is 1. The first kappa shape index (κ1) is 22.3. The SMILES string of the molecule is COC(=O)[C@@H](Cc1cc(C)c2c(cnn2Cc2ccccc2)c1)NC(=O)OC(C)(C)C. The lowest BCUT2D eigenvalue weighted by atomic mass is 10.0. The Labute approximate surface area is 182 Å². The zero-order valence-corrected chi connectivity index (χ0v) is 18.6. The highest BCUT2D eigenvalue weighted by Gasteiger charge is 2.25. The van der Waals surface area contributed by atoms with Crippen LogP contribution in [0, 0.1) is 6.92 Å². The molecule has 0 spiro atoms.